The van der Waals surface area contributed by atoms with E-state index in [9.17, 15) is 13.2 Å². The second-order valence-corrected chi connectivity index (χ2v) is 7.51. The number of anilines is 2. The summed E-state index contributed by atoms with van der Waals surface area (Å²) in [6.45, 7) is 1.78. The van der Waals surface area contributed by atoms with E-state index in [1.807, 2.05) is 24.3 Å². The SMILES string of the molecule is C[C@H](C(=O)Nc1cccc(NS(C)(=O)=O)c1)n1cnc2ccccc21. The number of fused-ring (bicyclic) bond motifs is 1. The van der Waals surface area contributed by atoms with E-state index in [1.165, 1.54) is 0 Å². The molecule has 8 heteroatoms. The minimum absolute atomic E-state index is 0.223. The fourth-order valence-corrected chi connectivity index (χ4v) is 3.09. The van der Waals surface area contributed by atoms with Gasteiger partial charge in [0, 0.05) is 5.69 Å². The number of imidazole rings is 1. The highest BCUT2D eigenvalue weighted by molar-refractivity contribution is 7.92. The van der Waals surface area contributed by atoms with Crippen LogP contribution in [0.5, 0.6) is 0 Å². The Labute approximate surface area is 145 Å². The van der Waals surface area contributed by atoms with Gasteiger partial charge in [0.1, 0.15) is 6.04 Å². The lowest BCUT2D eigenvalue weighted by atomic mass is 10.2. The number of sulfonamides is 1. The fourth-order valence-electron chi connectivity index (χ4n) is 2.53. The zero-order valence-electron chi connectivity index (χ0n) is 13.8. The van der Waals surface area contributed by atoms with E-state index in [1.54, 1.807) is 42.1 Å². The molecule has 1 amide bonds. The van der Waals surface area contributed by atoms with Crippen LogP contribution in [0, 0.1) is 0 Å². The molecule has 0 aliphatic carbocycles. The Morgan fingerprint density at radius 3 is 2.60 bits per heavy atom. The van der Waals surface area contributed by atoms with Gasteiger partial charge in [0.05, 0.1) is 29.3 Å². The number of nitrogens with one attached hydrogen (secondary N) is 2. The second-order valence-electron chi connectivity index (χ2n) is 5.76. The number of carbonyl (C=O) groups is 1. The smallest absolute Gasteiger partial charge is 0.247 e. The highest BCUT2D eigenvalue weighted by atomic mass is 32.2. The van der Waals surface area contributed by atoms with Gasteiger partial charge in [-0.1, -0.05) is 18.2 Å². The zero-order valence-corrected chi connectivity index (χ0v) is 14.6. The van der Waals surface area contributed by atoms with Crippen LogP contribution in [0.4, 0.5) is 11.4 Å². The molecule has 0 saturated heterocycles. The van der Waals surface area contributed by atoms with Gasteiger partial charge >= 0.3 is 0 Å². The Bertz CT molecular complexity index is 1030. The number of para-hydroxylation sites is 2. The molecule has 0 bridgehead atoms. The van der Waals surface area contributed by atoms with Crippen molar-refractivity contribution in [2.75, 3.05) is 16.3 Å². The van der Waals surface area contributed by atoms with Crippen molar-refractivity contribution in [3.05, 3.63) is 54.9 Å². The topological polar surface area (TPSA) is 93.1 Å². The molecule has 0 spiro atoms. The third-order valence-electron chi connectivity index (χ3n) is 3.71. The number of carbonyl (C=O) groups excluding carboxylic acids is 1. The first-order valence-electron chi connectivity index (χ1n) is 7.64. The first kappa shape index (κ1) is 17.0. The number of benzene rings is 2. The molecule has 7 nitrogen and oxygen atoms in total. The first-order chi connectivity index (χ1) is 11.8. The van der Waals surface area contributed by atoms with Crippen LogP contribution in [0.3, 0.4) is 0 Å². The highest BCUT2D eigenvalue weighted by Crippen LogP contribution is 2.20. The molecule has 2 aromatic carbocycles. The Balaban J connectivity index is 1.79. The molecule has 1 heterocycles. The van der Waals surface area contributed by atoms with Gasteiger partial charge in [0.15, 0.2) is 0 Å². The lowest BCUT2D eigenvalue weighted by Gasteiger charge is -2.15. The van der Waals surface area contributed by atoms with Gasteiger partial charge in [-0.15, -0.1) is 0 Å². The number of rotatable bonds is 5. The standard InChI is InChI=1S/C17H18N4O3S/c1-12(21-11-18-15-8-3-4-9-16(15)21)17(22)19-13-6-5-7-14(10-13)20-25(2,23)24/h3-12,20H,1-2H3,(H,19,22)/t12-/m1/s1. The molecule has 3 aromatic rings. The fraction of sp³-hybridized carbons (Fsp3) is 0.176. The largest absolute Gasteiger partial charge is 0.324 e. The van der Waals surface area contributed by atoms with Gasteiger partial charge in [0.25, 0.3) is 0 Å². The van der Waals surface area contributed by atoms with Crippen LogP contribution >= 0.6 is 0 Å². The van der Waals surface area contributed by atoms with Gasteiger partial charge < -0.3 is 9.88 Å². The molecule has 0 unspecified atom stereocenters. The molecule has 0 aliphatic heterocycles. The molecule has 0 aliphatic rings. The van der Waals surface area contributed by atoms with E-state index in [4.69, 9.17) is 0 Å². The molecule has 0 fully saturated rings. The first-order valence-corrected chi connectivity index (χ1v) is 9.53. The Kier molecular flexibility index (Phi) is 4.45. The number of amides is 1. The minimum Gasteiger partial charge on any atom is -0.324 e. The van der Waals surface area contributed by atoms with Crippen LogP contribution < -0.4 is 10.0 Å². The molecule has 130 valence electrons. The van der Waals surface area contributed by atoms with Gasteiger partial charge in [-0.3, -0.25) is 9.52 Å². The molecule has 1 aromatic heterocycles. The van der Waals surface area contributed by atoms with Crippen LogP contribution in [-0.2, 0) is 14.8 Å². The summed E-state index contributed by atoms with van der Waals surface area (Å²) >= 11 is 0. The lowest BCUT2D eigenvalue weighted by molar-refractivity contribution is -0.118. The Morgan fingerprint density at radius 1 is 1.12 bits per heavy atom. The number of nitrogens with zero attached hydrogens (tertiary/aromatic N) is 2. The van der Waals surface area contributed by atoms with E-state index in [0.29, 0.717) is 11.4 Å². The highest BCUT2D eigenvalue weighted by Gasteiger charge is 2.17. The van der Waals surface area contributed by atoms with Crippen molar-refractivity contribution in [1.82, 2.24) is 9.55 Å². The maximum atomic E-state index is 12.6. The Hall–Kier alpha value is -2.87. The van der Waals surface area contributed by atoms with Gasteiger partial charge in [0.2, 0.25) is 15.9 Å². The van der Waals surface area contributed by atoms with Crippen molar-refractivity contribution in [1.29, 1.82) is 0 Å². The molecule has 25 heavy (non-hydrogen) atoms. The van der Waals surface area contributed by atoms with Gasteiger partial charge in [-0.25, -0.2) is 13.4 Å². The normalized spacial score (nSPS) is 12.7. The quantitative estimate of drug-likeness (QED) is 0.733. The van der Waals surface area contributed by atoms with E-state index < -0.39 is 16.1 Å². The third kappa shape index (κ3) is 3.97. The average molecular weight is 358 g/mol. The second kappa shape index (κ2) is 6.56. The molecule has 0 saturated carbocycles. The van der Waals surface area contributed by atoms with Crippen molar-refractivity contribution in [3.8, 4) is 0 Å². The van der Waals surface area contributed by atoms with Crippen molar-refractivity contribution in [2.45, 2.75) is 13.0 Å². The number of hydrogen-bond donors (Lipinski definition) is 2. The maximum absolute atomic E-state index is 12.6. The lowest BCUT2D eigenvalue weighted by Crippen LogP contribution is -2.23. The molecular formula is C17H18N4O3S. The summed E-state index contributed by atoms with van der Waals surface area (Å²) in [6, 6.07) is 13.7. The summed E-state index contributed by atoms with van der Waals surface area (Å²) < 4.78 is 26.8. The average Bonchev–Trinajstić information content (AvgIpc) is 2.96. The summed E-state index contributed by atoms with van der Waals surface area (Å²) in [4.78, 5) is 16.8. The summed E-state index contributed by atoms with van der Waals surface area (Å²) in [6.07, 6.45) is 2.71. The minimum atomic E-state index is -3.37. The maximum Gasteiger partial charge on any atom is 0.247 e. The van der Waals surface area contributed by atoms with Crippen LogP contribution in [0.15, 0.2) is 54.9 Å². The summed E-state index contributed by atoms with van der Waals surface area (Å²) in [7, 11) is -3.37. The number of hydrogen-bond acceptors (Lipinski definition) is 4. The van der Waals surface area contributed by atoms with Gasteiger partial charge in [-0.05, 0) is 37.3 Å². The van der Waals surface area contributed by atoms with E-state index in [0.717, 1.165) is 17.3 Å². The van der Waals surface area contributed by atoms with E-state index in [2.05, 4.69) is 15.0 Å². The van der Waals surface area contributed by atoms with Crippen LogP contribution in [-0.4, -0.2) is 30.1 Å². The van der Waals surface area contributed by atoms with Crippen molar-refractivity contribution in [3.63, 3.8) is 0 Å². The summed E-state index contributed by atoms with van der Waals surface area (Å²) in [5, 5.41) is 2.80. The predicted octanol–water partition coefficient (Wildman–Crippen LogP) is 2.61. The molecule has 2 N–H and O–H groups in total. The van der Waals surface area contributed by atoms with Crippen LogP contribution in [0.2, 0.25) is 0 Å². The molecular weight excluding hydrogens is 340 g/mol. The van der Waals surface area contributed by atoms with Gasteiger partial charge in [-0.2, -0.15) is 0 Å². The van der Waals surface area contributed by atoms with Crippen LogP contribution in [0.1, 0.15) is 13.0 Å². The monoisotopic (exact) mass is 358 g/mol. The summed E-state index contributed by atoms with van der Waals surface area (Å²) in [5.74, 6) is -0.223. The third-order valence-corrected chi connectivity index (χ3v) is 4.32. The van der Waals surface area contributed by atoms with Crippen molar-refractivity contribution >= 4 is 38.3 Å². The molecule has 3 rings (SSSR count). The van der Waals surface area contributed by atoms with Crippen molar-refractivity contribution < 1.29 is 13.2 Å². The Morgan fingerprint density at radius 2 is 1.84 bits per heavy atom. The van der Waals surface area contributed by atoms with Crippen LogP contribution in [0.25, 0.3) is 11.0 Å². The summed E-state index contributed by atoms with van der Waals surface area (Å²) in [5.41, 5.74) is 2.59. The molecule has 1 atom stereocenters. The number of aromatic nitrogens is 2. The predicted molar refractivity (Wildman–Crippen MR) is 98.0 cm³/mol. The van der Waals surface area contributed by atoms with E-state index >= 15 is 0 Å². The molecule has 0 radical (unpaired) electrons. The van der Waals surface area contributed by atoms with E-state index in [-0.39, 0.29) is 5.91 Å². The zero-order chi connectivity index (χ0) is 18.0. The van der Waals surface area contributed by atoms with Crippen molar-refractivity contribution in [2.24, 2.45) is 0 Å².